The fourth-order valence-electron chi connectivity index (χ4n) is 2.35. The minimum absolute atomic E-state index is 0.256. The molecule has 4 heteroatoms. The van der Waals surface area contributed by atoms with Gasteiger partial charge in [-0.2, -0.15) is 5.26 Å². The molecule has 120 valence electrons. The highest BCUT2D eigenvalue weighted by Gasteiger charge is 2.10. The number of benzene rings is 2. The van der Waals surface area contributed by atoms with Gasteiger partial charge in [-0.1, -0.05) is 29.8 Å². The van der Waals surface area contributed by atoms with E-state index >= 15 is 0 Å². The maximum absolute atomic E-state index is 10.1. The molecule has 23 heavy (non-hydrogen) atoms. The predicted molar refractivity (Wildman–Crippen MR) is 90.2 cm³/mol. The molecule has 0 amide bonds. The SMILES string of the molecule is Cc1ccc(OCC(O)CN(C)Cc2cccc(C#N)c2)cc1. The maximum atomic E-state index is 10.1. The molecule has 0 heterocycles. The molecule has 1 N–H and O–H groups in total. The van der Waals surface area contributed by atoms with E-state index in [0.29, 0.717) is 18.7 Å². The van der Waals surface area contributed by atoms with Gasteiger partial charge >= 0.3 is 0 Å². The number of aryl methyl sites for hydroxylation is 1. The summed E-state index contributed by atoms with van der Waals surface area (Å²) in [5.74, 6) is 0.763. The zero-order chi connectivity index (χ0) is 16.7. The fraction of sp³-hybridized carbons (Fsp3) is 0.316. The Hall–Kier alpha value is -2.35. The highest BCUT2D eigenvalue weighted by atomic mass is 16.5. The fourth-order valence-corrected chi connectivity index (χ4v) is 2.35. The Bertz CT molecular complexity index is 662. The van der Waals surface area contributed by atoms with Crippen molar-refractivity contribution in [2.24, 2.45) is 0 Å². The molecule has 0 saturated carbocycles. The van der Waals surface area contributed by atoms with Crippen molar-refractivity contribution >= 4 is 0 Å². The maximum Gasteiger partial charge on any atom is 0.119 e. The van der Waals surface area contributed by atoms with E-state index in [1.54, 1.807) is 6.07 Å². The summed E-state index contributed by atoms with van der Waals surface area (Å²) in [6, 6.07) is 17.4. The average Bonchev–Trinajstić information content (AvgIpc) is 2.54. The van der Waals surface area contributed by atoms with E-state index < -0.39 is 6.10 Å². The monoisotopic (exact) mass is 310 g/mol. The Balaban J connectivity index is 1.78. The van der Waals surface area contributed by atoms with E-state index in [0.717, 1.165) is 11.3 Å². The molecule has 2 aromatic rings. The molecule has 0 saturated heterocycles. The van der Waals surface area contributed by atoms with E-state index in [-0.39, 0.29) is 6.61 Å². The Morgan fingerprint density at radius 2 is 1.96 bits per heavy atom. The number of nitriles is 1. The summed E-state index contributed by atoms with van der Waals surface area (Å²) in [7, 11) is 1.94. The van der Waals surface area contributed by atoms with Crippen LogP contribution in [0, 0.1) is 18.3 Å². The van der Waals surface area contributed by atoms with Gasteiger partial charge in [-0.3, -0.25) is 4.90 Å². The lowest BCUT2D eigenvalue weighted by molar-refractivity contribution is 0.0744. The van der Waals surface area contributed by atoms with Gasteiger partial charge in [0, 0.05) is 13.1 Å². The minimum atomic E-state index is -0.569. The van der Waals surface area contributed by atoms with Crippen LogP contribution in [0.2, 0.25) is 0 Å². The predicted octanol–water partition coefficient (Wildman–Crippen LogP) is 2.74. The first-order valence-corrected chi connectivity index (χ1v) is 7.62. The minimum Gasteiger partial charge on any atom is -0.491 e. The van der Waals surface area contributed by atoms with Crippen LogP contribution in [-0.4, -0.2) is 36.3 Å². The largest absolute Gasteiger partial charge is 0.491 e. The van der Waals surface area contributed by atoms with Crippen LogP contribution >= 0.6 is 0 Å². The zero-order valence-electron chi connectivity index (χ0n) is 13.6. The topological polar surface area (TPSA) is 56.5 Å². The summed E-state index contributed by atoms with van der Waals surface area (Å²) < 4.78 is 5.59. The van der Waals surface area contributed by atoms with Crippen molar-refractivity contribution in [2.75, 3.05) is 20.2 Å². The number of ether oxygens (including phenoxy) is 1. The number of nitrogens with zero attached hydrogens (tertiary/aromatic N) is 2. The number of hydrogen-bond acceptors (Lipinski definition) is 4. The van der Waals surface area contributed by atoms with Crippen molar-refractivity contribution in [3.05, 3.63) is 65.2 Å². The smallest absolute Gasteiger partial charge is 0.119 e. The van der Waals surface area contributed by atoms with Gasteiger partial charge in [0.2, 0.25) is 0 Å². The van der Waals surface area contributed by atoms with E-state index in [9.17, 15) is 5.11 Å². The van der Waals surface area contributed by atoms with Gasteiger partial charge in [0.25, 0.3) is 0 Å². The third-order valence-corrected chi connectivity index (χ3v) is 3.49. The van der Waals surface area contributed by atoms with Crippen molar-refractivity contribution in [3.63, 3.8) is 0 Å². The van der Waals surface area contributed by atoms with E-state index in [4.69, 9.17) is 10.00 Å². The summed E-state index contributed by atoms with van der Waals surface area (Å²) in [6.45, 7) is 3.46. The van der Waals surface area contributed by atoms with Crippen LogP contribution in [0.5, 0.6) is 5.75 Å². The molecule has 1 atom stereocenters. The van der Waals surface area contributed by atoms with Gasteiger partial charge in [0.1, 0.15) is 18.5 Å². The van der Waals surface area contributed by atoms with Crippen molar-refractivity contribution in [1.82, 2.24) is 4.90 Å². The normalized spacial score (nSPS) is 12.0. The lowest BCUT2D eigenvalue weighted by Crippen LogP contribution is -2.32. The molecule has 4 nitrogen and oxygen atoms in total. The second-order valence-corrected chi connectivity index (χ2v) is 5.79. The van der Waals surface area contributed by atoms with Crippen LogP contribution in [-0.2, 0) is 6.54 Å². The van der Waals surface area contributed by atoms with Crippen molar-refractivity contribution in [1.29, 1.82) is 5.26 Å². The molecule has 1 unspecified atom stereocenters. The van der Waals surface area contributed by atoms with Crippen LogP contribution in [0.25, 0.3) is 0 Å². The lowest BCUT2D eigenvalue weighted by Gasteiger charge is -2.21. The number of likely N-dealkylation sites (N-methyl/N-ethyl adjacent to an activating group) is 1. The Kier molecular flexibility index (Phi) is 6.16. The van der Waals surface area contributed by atoms with Crippen molar-refractivity contribution in [3.8, 4) is 11.8 Å². The molecule has 0 radical (unpaired) electrons. The molecule has 0 aromatic heterocycles. The molecule has 0 aliphatic rings. The quantitative estimate of drug-likeness (QED) is 0.854. The second kappa shape index (κ2) is 8.33. The third kappa shape index (κ3) is 5.74. The zero-order valence-corrected chi connectivity index (χ0v) is 13.6. The van der Waals surface area contributed by atoms with Crippen LogP contribution in [0.15, 0.2) is 48.5 Å². The summed E-state index contributed by atoms with van der Waals surface area (Å²) in [5, 5.41) is 19.0. The number of aliphatic hydroxyl groups is 1. The van der Waals surface area contributed by atoms with Crippen LogP contribution < -0.4 is 4.74 Å². The summed E-state index contributed by atoms with van der Waals surface area (Å²) in [5.41, 5.74) is 2.88. The van der Waals surface area contributed by atoms with E-state index in [1.165, 1.54) is 5.56 Å². The molecule has 0 spiro atoms. The summed E-state index contributed by atoms with van der Waals surface area (Å²) in [4.78, 5) is 2.01. The first-order valence-electron chi connectivity index (χ1n) is 7.62. The van der Waals surface area contributed by atoms with Crippen LogP contribution in [0.4, 0.5) is 0 Å². The van der Waals surface area contributed by atoms with Gasteiger partial charge < -0.3 is 9.84 Å². The highest BCUT2D eigenvalue weighted by molar-refractivity contribution is 5.32. The highest BCUT2D eigenvalue weighted by Crippen LogP contribution is 2.12. The summed E-state index contributed by atoms with van der Waals surface area (Å²) >= 11 is 0. The molecule has 0 bridgehead atoms. The van der Waals surface area contributed by atoms with E-state index in [2.05, 4.69) is 6.07 Å². The van der Waals surface area contributed by atoms with Gasteiger partial charge in [0.15, 0.2) is 0 Å². The van der Waals surface area contributed by atoms with Crippen molar-refractivity contribution < 1.29 is 9.84 Å². The molecular weight excluding hydrogens is 288 g/mol. The molecular formula is C19H22N2O2. The summed E-state index contributed by atoms with van der Waals surface area (Å²) in [6.07, 6.45) is -0.569. The molecule has 0 aliphatic carbocycles. The molecule has 2 rings (SSSR count). The molecule has 0 aliphatic heterocycles. The Morgan fingerprint density at radius 1 is 1.22 bits per heavy atom. The standard InChI is InChI=1S/C19H22N2O2/c1-15-6-8-19(9-7-15)23-14-18(22)13-21(2)12-17-5-3-4-16(10-17)11-20/h3-10,18,22H,12-14H2,1-2H3. The van der Waals surface area contributed by atoms with Gasteiger partial charge in [-0.15, -0.1) is 0 Å². The first kappa shape index (κ1) is 17.0. The average molecular weight is 310 g/mol. The first-order chi connectivity index (χ1) is 11.1. The van der Waals surface area contributed by atoms with Gasteiger partial charge in [-0.05, 0) is 43.8 Å². The van der Waals surface area contributed by atoms with E-state index in [1.807, 2.05) is 61.3 Å². The van der Waals surface area contributed by atoms with Crippen LogP contribution in [0.3, 0.4) is 0 Å². The molecule has 2 aromatic carbocycles. The molecule has 0 fully saturated rings. The Labute approximate surface area is 137 Å². The Morgan fingerprint density at radius 3 is 2.65 bits per heavy atom. The number of aliphatic hydroxyl groups excluding tert-OH is 1. The van der Waals surface area contributed by atoms with Gasteiger partial charge in [-0.25, -0.2) is 0 Å². The number of hydrogen-bond donors (Lipinski definition) is 1. The lowest BCUT2D eigenvalue weighted by atomic mass is 10.1. The second-order valence-electron chi connectivity index (χ2n) is 5.79. The number of rotatable bonds is 7. The third-order valence-electron chi connectivity index (χ3n) is 3.49. The van der Waals surface area contributed by atoms with Crippen molar-refractivity contribution in [2.45, 2.75) is 19.6 Å². The van der Waals surface area contributed by atoms with Gasteiger partial charge in [0.05, 0.1) is 11.6 Å². The van der Waals surface area contributed by atoms with Crippen LogP contribution in [0.1, 0.15) is 16.7 Å².